The number of benzene rings is 1. The molecule has 6 nitrogen and oxygen atoms in total. The van der Waals surface area contributed by atoms with E-state index in [0.717, 1.165) is 13.1 Å². The summed E-state index contributed by atoms with van der Waals surface area (Å²) >= 11 is 4.52. The Balaban J connectivity index is 1.62. The van der Waals surface area contributed by atoms with Gasteiger partial charge in [-0.3, -0.25) is 14.6 Å². The number of rotatable bonds is 5. The maximum atomic E-state index is 13.5. The first-order valence-corrected chi connectivity index (χ1v) is 10.1. The number of morpholine rings is 1. The average Bonchev–Trinajstić information content (AvgIpc) is 3.28. The van der Waals surface area contributed by atoms with Crippen LogP contribution in [0, 0.1) is 5.82 Å². The average molecular weight is 454 g/mol. The van der Waals surface area contributed by atoms with Crippen LogP contribution in [-0.2, 0) is 4.74 Å². The summed E-state index contributed by atoms with van der Waals surface area (Å²) in [6, 6.07) is 7.74. The number of thiazole rings is 1. The van der Waals surface area contributed by atoms with E-state index in [0.29, 0.717) is 46.3 Å². The van der Waals surface area contributed by atoms with Gasteiger partial charge in [0.2, 0.25) is 0 Å². The number of hydrogen-bond acceptors (Lipinski definition) is 6. The molecule has 0 N–H and O–H groups in total. The summed E-state index contributed by atoms with van der Waals surface area (Å²) in [6.45, 7) is 4.21. The van der Waals surface area contributed by atoms with E-state index in [1.165, 1.54) is 23.5 Å². The van der Waals surface area contributed by atoms with Gasteiger partial charge in [-0.15, -0.1) is 0 Å². The molecular formula is C18H17BrFN3O3S. The highest BCUT2D eigenvalue weighted by atomic mass is 79.9. The highest BCUT2D eigenvalue weighted by molar-refractivity contribution is 9.10. The molecule has 3 aromatic rings. The number of nitrogens with zero attached hydrogens (tertiary/aromatic N) is 3. The number of fused-ring (bicyclic) bond motifs is 1. The number of carbonyl (C=O) groups is 1. The summed E-state index contributed by atoms with van der Waals surface area (Å²) in [5.41, 5.74) is 0.668. The lowest BCUT2D eigenvalue weighted by molar-refractivity contribution is 0.0390. The predicted molar refractivity (Wildman–Crippen MR) is 105 cm³/mol. The Labute approximate surface area is 167 Å². The topological polar surface area (TPSA) is 58.8 Å². The van der Waals surface area contributed by atoms with Gasteiger partial charge < -0.3 is 9.15 Å². The molecule has 3 heterocycles. The van der Waals surface area contributed by atoms with Gasteiger partial charge in [0.15, 0.2) is 15.6 Å². The first-order valence-electron chi connectivity index (χ1n) is 8.53. The fraction of sp³-hybridized carbons (Fsp3) is 0.333. The normalized spacial score (nSPS) is 15.3. The van der Waals surface area contributed by atoms with Crippen molar-refractivity contribution in [1.82, 2.24) is 9.88 Å². The van der Waals surface area contributed by atoms with Crippen molar-refractivity contribution >= 4 is 48.5 Å². The Hall–Kier alpha value is -1.81. The highest BCUT2D eigenvalue weighted by Gasteiger charge is 2.25. The van der Waals surface area contributed by atoms with Gasteiger partial charge in [-0.05, 0) is 46.3 Å². The first kappa shape index (κ1) is 18.5. The number of amides is 1. The van der Waals surface area contributed by atoms with E-state index in [2.05, 4.69) is 25.8 Å². The fourth-order valence-corrected chi connectivity index (χ4v) is 4.24. The Morgan fingerprint density at radius 2 is 2.11 bits per heavy atom. The SMILES string of the molecule is O=C(c1ccc(Br)o1)N(CCN1CCOCC1)c1nc2ccc(F)cc2s1. The molecule has 1 fully saturated rings. The van der Waals surface area contributed by atoms with E-state index in [1.807, 2.05) is 0 Å². The second-order valence-corrected chi connectivity index (χ2v) is 7.91. The van der Waals surface area contributed by atoms with Crippen LogP contribution in [0.5, 0.6) is 0 Å². The number of anilines is 1. The summed E-state index contributed by atoms with van der Waals surface area (Å²) in [4.78, 5) is 21.4. The largest absolute Gasteiger partial charge is 0.444 e. The maximum Gasteiger partial charge on any atom is 0.295 e. The van der Waals surface area contributed by atoms with Crippen LogP contribution in [0.25, 0.3) is 10.2 Å². The molecule has 2 aromatic heterocycles. The van der Waals surface area contributed by atoms with Crippen LogP contribution in [0.1, 0.15) is 10.6 Å². The summed E-state index contributed by atoms with van der Waals surface area (Å²) in [5, 5.41) is 0.529. The van der Waals surface area contributed by atoms with Crippen molar-refractivity contribution in [3.05, 3.63) is 46.6 Å². The van der Waals surface area contributed by atoms with E-state index in [9.17, 15) is 9.18 Å². The fourth-order valence-electron chi connectivity index (χ4n) is 2.91. The van der Waals surface area contributed by atoms with Gasteiger partial charge in [0.05, 0.1) is 23.4 Å². The minimum absolute atomic E-state index is 0.231. The number of hydrogen-bond donors (Lipinski definition) is 0. The molecule has 0 radical (unpaired) electrons. The summed E-state index contributed by atoms with van der Waals surface area (Å²) in [5.74, 6) is -0.360. The molecule has 1 aliphatic rings. The van der Waals surface area contributed by atoms with E-state index in [-0.39, 0.29) is 17.5 Å². The highest BCUT2D eigenvalue weighted by Crippen LogP contribution is 2.30. The van der Waals surface area contributed by atoms with Crippen molar-refractivity contribution in [2.45, 2.75) is 0 Å². The zero-order chi connectivity index (χ0) is 18.8. The molecule has 0 atom stereocenters. The Morgan fingerprint density at radius 1 is 1.30 bits per heavy atom. The molecule has 0 saturated carbocycles. The molecule has 0 unspecified atom stereocenters. The van der Waals surface area contributed by atoms with Crippen LogP contribution in [0.3, 0.4) is 0 Å². The minimum atomic E-state index is -0.321. The molecule has 1 saturated heterocycles. The van der Waals surface area contributed by atoms with Crippen LogP contribution < -0.4 is 4.90 Å². The number of aromatic nitrogens is 1. The third kappa shape index (κ3) is 4.21. The van der Waals surface area contributed by atoms with Gasteiger partial charge in [-0.2, -0.15) is 0 Å². The molecule has 142 valence electrons. The Morgan fingerprint density at radius 3 is 2.85 bits per heavy atom. The lowest BCUT2D eigenvalue weighted by atomic mass is 10.3. The molecule has 27 heavy (non-hydrogen) atoms. The van der Waals surface area contributed by atoms with Crippen molar-refractivity contribution in [2.24, 2.45) is 0 Å². The van der Waals surface area contributed by atoms with Crippen LogP contribution in [-0.4, -0.2) is 55.2 Å². The third-order valence-electron chi connectivity index (χ3n) is 4.34. The zero-order valence-corrected chi connectivity index (χ0v) is 16.8. The van der Waals surface area contributed by atoms with Crippen molar-refractivity contribution in [1.29, 1.82) is 0 Å². The number of carbonyl (C=O) groups excluding carboxylic acids is 1. The standard InChI is InChI=1S/C18H17BrFN3O3S/c19-16-4-3-14(26-16)17(24)23(6-5-22-7-9-25-10-8-22)18-21-13-2-1-12(20)11-15(13)27-18/h1-4,11H,5-10H2. The Kier molecular flexibility index (Phi) is 5.53. The van der Waals surface area contributed by atoms with E-state index in [4.69, 9.17) is 9.15 Å². The van der Waals surface area contributed by atoms with Gasteiger partial charge in [-0.25, -0.2) is 9.37 Å². The van der Waals surface area contributed by atoms with Crippen LogP contribution in [0.15, 0.2) is 39.4 Å². The van der Waals surface area contributed by atoms with Gasteiger partial charge in [0.25, 0.3) is 5.91 Å². The molecule has 0 bridgehead atoms. The van der Waals surface area contributed by atoms with Crippen LogP contribution >= 0.6 is 27.3 Å². The molecule has 0 aliphatic carbocycles. The van der Waals surface area contributed by atoms with Crippen LogP contribution in [0.2, 0.25) is 0 Å². The third-order valence-corrected chi connectivity index (χ3v) is 5.81. The van der Waals surface area contributed by atoms with Gasteiger partial charge >= 0.3 is 0 Å². The van der Waals surface area contributed by atoms with Gasteiger partial charge in [0, 0.05) is 26.2 Å². The van der Waals surface area contributed by atoms with Gasteiger partial charge in [0.1, 0.15) is 5.82 Å². The predicted octanol–water partition coefficient (Wildman–Crippen LogP) is 3.77. The molecular weight excluding hydrogens is 437 g/mol. The Bertz CT molecular complexity index is 954. The molecule has 0 spiro atoms. The lowest BCUT2D eigenvalue weighted by Crippen LogP contribution is -2.43. The maximum absolute atomic E-state index is 13.5. The second kappa shape index (κ2) is 8.05. The number of halogens is 2. The monoisotopic (exact) mass is 453 g/mol. The van der Waals surface area contributed by atoms with E-state index >= 15 is 0 Å². The smallest absolute Gasteiger partial charge is 0.295 e. The first-order chi connectivity index (χ1) is 13.1. The van der Waals surface area contributed by atoms with Crippen LogP contribution in [0.4, 0.5) is 9.52 Å². The second-order valence-electron chi connectivity index (χ2n) is 6.12. The summed E-state index contributed by atoms with van der Waals surface area (Å²) < 4.78 is 25.5. The molecule has 4 rings (SSSR count). The quantitative estimate of drug-likeness (QED) is 0.588. The van der Waals surface area contributed by atoms with Gasteiger partial charge in [-0.1, -0.05) is 11.3 Å². The molecule has 1 aromatic carbocycles. The van der Waals surface area contributed by atoms with E-state index in [1.54, 1.807) is 23.1 Å². The molecule has 1 aliphatic heterocycles. The summed E-state index contributed by atoms with van der Waals surface area (Å²) in [7, 11) is 0. The lowest BCUT2D eigenvalue weighted by Gasteiger charge is -2.28. The van der Waals surface area contributed by atoms with Crippen molar-refractivity contribution in [3.8, 4) is 0 Å². The molecule has 1 amide bonds. The zero-order valence-electron chi connectivity index (χ0n) is 14.4. The molecule has 9 heteroatoms. The van der Waals surface area contributed by atoms with Crippen molar-refractivity contribution in [2.75, 3.05) is 44.3 Å². The minimum Gasteiger partial charge on any atom is -0.444 e. The number of ether oxygens (including phenoxy) is 1. The number of furan rings is 1. The van der Waals surface area contributed by atoms with Crippen molar-refractivity contribution in [3.63, 3.8) is 0 Å². The van der Waals surface area contributed by atoms with Crippen molar-refractivity contribution < 1.29 is 18.3 Å². The summed E-state index contributed by atoms with van der Waals surface area (Å²) in [6.07, 6.45) is 0. The van der Waals surface area contributed by atoms with E-state index < -0.39 is 0 Å².